The molecule has 0 fully saturated rings. The highest BCUT2D eigenvalue weighted by molar-refractivity contribution is 7.13. The van der Waals surface area contributed by atoms with Gasteiger partial charge in [0, 0.05) is 25.1 Å². The zero-order chi connectivity index (χ0) is 22.1. The molecule has 2 aromatic heterocycles. The van der Waals surface area contributed by atoms with E-state index in [2.05, 4.69) is 6.07 Å². The number of carbonyl (C=O) groups is 1. The number of para-hydroxylation sites is 1. The van der Waals surface area contributed by atoms with Gasteiger partial charge in [0.1, 0.15) is 11.4 Å². The maximum absolute atomic E-state index is 12.6. The number of carbonyl (C=O) groups excluding carboxylic acids is 1. The van der Waals surface area contributed by atoms with E-state index in [9.17, 15) is 4.79 Å². The molecule has 0 saturated heterocycles. The first-order valence-corrected chi connectivity index (χ1v) is 11.2. The Bertz CT molecular complexity index is 1260. The molecule has 5 rings (SSSR count). The Morgan fingerprint density at radius 1 is 1.06 bits per heavy atom. The van der Waals surface area contributed by atoms with Gasteiger partial charge < -0.3 is 4.74 Å². The van der Waals surface area contributed by atoms with E-state index in [0.717, 1.165) is 38.8 Å². The van der Waals surface area contributed by atoms with Crippen LogP contribution in [0.5, 0.6) is 5.75 Å². The van der Waals surface area contributed by atoms with Crippen molar-refractivity contribution in [1.29, 1.82) is 0 Å². The van der Waals surface area contributed by atoms with Crippen LogP contribution in [-0.4, -0.2) is 33.5 Å². The largest absolute Gasteiger partial charge is 0.497 e. The summed E-state index contributed by atoms with van der Waals surface area (Å²) >= 11 is 1.64. The van der Waals surface area contributed by atoms with Crippen molar-refractivity contribution in [3.8, 4) is 22.0 Å². The molecule has 0 spiro atoms. The van der Waals surface area contributed by atoms with Gasteiger partial charge in [-0.3, -0.25) is 4.79 Å². The fraction of sp³-hybridized carbons (Fsp3) is 0.160. The van der Waals surface area contributed by atoms with Gasteiger partial charge >= 0.3 is 0 Å². The standard InChI is InChI=1S/C25H22N4O2S/c1-17(30)29-23(15-22(26-29)18-10-12-20(31-2)13-11-18)21-16-28(19-7-4-3-5-8-19)27-25(21)24-9-6-14-32-24/h3-14,16,23H,15H2,1-2H3/t23-/m1/s1. The SMILES string of the molecule is COc1ccc(C2=NN(C(C)=O)[C@@H](c3cn(-c4ccccc4)nc3-c3cccs3)C2)cc1. The van der Waals surface area contributed by atoms with E-state index in [1.165, 1.54) is 0 Å². The summed E-state index contributed by atoms with van der Waals surface area (Å²) in [5, 5.41) is 13.2. The van der Waals surface area contributed by atoms with Gasteiger partial charge in [-0.05, 0) is 53.4 Å². The number of nitrogens with zero attached hydrogens (tertiary/aromatic N) is 4. The van der Waals surface area contributed by atoms with Gasteiger partial charge in [0.25, 0.3) is 0 Å². The fourth-order valence-electron chi connectivity index (χ4n) is 3.95. The smallest absolute Gasteiger partial charge is 0.240 e. The Balaban J connectivity index is 1.57. The number of hydrogen-bond donors (Lipinski definition) is 0. The monoisotopic (exact) mass is 442 g/mol. The third-order valence-corrected chi connectivity index (χ3v) is 6.41. The minimum Gasteiger partial charge on any atom is -0.497 e. The van der Waals surface area contributed by atoms with Crippen LogP contribution in [0.15, 0.2) is 83.4 Å². The molecular weight excluding hydrogens is 420 g/mol. The predicted molar refractivity (Wildman–Crippen MR) is 126 cm³/mol. The molecule has 1 aliphatic heterocycles. The minimum absolute atomic E-state index is 0.0943. The van der Waals surface area contributed by atoms with Crippen LogP contribution in [-0.2, 0) is 4.79 Å². The predicted octanol–water partition coefficient (Wildman–Crippen LogP) is 5.31. The lowest BCUT2D eigenvalue weighted by Gasteiger charge is -2.19. The molecule has 2 aromatic carbocycles. The number of ether oxygens (including phenoxy) is 1. The van der Waals surface area contributed by atoms with Crippen LogP contribution in [0.3, 0.4) is 0 Å². The van der Waals surface area contributed by atoms with Crippen LogP contribution in [0.25, 0.3) is 16.3 Å². The molecule has 0 N–H and O–H groups in total. The molecule has 1 amide bonds. The first kappa shape index (κ1) is 20.2. The molecule has 7 heteroatoms. The van der Waals surface area contributed by atoms with Gasteiger partial charge in [0.2, 0.25) is 5.91 Å². The highest BCUT2D eigenvalue weighted by atomic mass is 32.1. The van der Waals surface area contributed by atoms with Crippen molar-refractivity contribution < 1.29 is 9.53 Å². The van der Waals surface area contributed by atoms with Crippen LogP contribution >= 0.6 is 11.3 Å². The van der Waals surface area contributed by atoms with Crippen LogP contribution in [0.2, 0.25) is 0 Å². The first-order chi connectivity index (χ1) is 15.6. The molecule has 3 heterocycles. The highest BCUT2D eigenvalue weighted by Gasteiger charge is 2.35. The maximum Gasteiger partial charge on any atom is 0.240 e. The summed E-state index contributed by atoms with van der Waals surface area (Å²) in [5.41, 5.74) is 4.69. The van der Waals surface area contributed by atoms with Crippen LogP contribution < -0.4 is 4.74 Å². The number of thiophene rings is 1. The molecule has 4 aromatic rings. The van der Waals surface area contributed by atoms with Crippen molar-refractivity contribution in [2.45, 2.75) is 19.4 Å². The molecule has 32 heavy (non-hydrogen) atoms. The Morgan fingerprint density at radius 2 is 1.84 bits per heavy atom. The summed E-state index contributed by atoms with van der Waals surface area (Å²) in [6, 6.07) is 21.6. The van der Waals surface area contributed by atoms with Crippen molar-refractivity contribution in [3.05, 3.63) is 89.4 Å². The zero-order valence-electron chi connectivity index (χ0n) is 17.8. The van der Waals surface area contributed by atoms with Crippen molar-refractivity contribution in [2.75, 3.05) is 7.11 Å². The van der Waals surface area contributed by atoms with E-state index < -0.39 is 0 Å². The number of aromatic nitrogens is 2. The minimum atomic E-state index is -0.223. The summed E-state index contributed by atoms with van der Waals surface area (Å²) in [6.45, 7) is 1.56. The average molecular weight is 443 g/mol. The topological polar surface area (TPSA) is 59.7 Å². The third-order valence-electron chi connectivity index (χ3n) is 5.53. The lowest BCUT2D eigenvalue weighted by Crippen LogP contribution is -2.24. The summed E-state index contributed by atoms with van der Waals surface area (Å²) < 4.78 is 7.15. The summed E-state index contributed by atoms with van der Waals surface area (Å²) in [5.74, 6) is 0.694. The first-order valence-electron chi connectivity index (χ1n) is 10.3. The highest BCUT2D eigenvalue weighted by Crippen LogP contribution is 2.39. The average Bonchev–Trinajstić information content (AvgIpc) is 3.58. The Morgan fingerprint density at radius 3 is 2.50 bits per heavy atom. The van der Waals surface area contributed by atoms with Gasteiger partial charge in [0.05, 0.1) is 29.4 Å². The molecule has 0 saturated carbocycles. The zero-order valence-corrected chi connectivity index (χ0v) is 18.6. The third kappa shape index (κ3) is 3.71. The van der Waals surface area contributed by atoms with Crippen LogP contribution in [0, 0.1) is 0 Å². The lowest BCUT2D eigenvalue weighted by molar-refractivity contribution is -0.130. The molecule has 6 nitrogen and oxygen atoms in total. The Hall–Kier alpha value is -3.71. The number of benzene rings is 2. The van der Waals surface area contributed by atoms with Crippen molar-refractivity contribution >= 4 is 23.0 Å². The van der Waals surface area contributed by atoms with E-state index in [1.54, 1.807) is 30.4 Å². The summed E-state index contributed by atoms with van der Waals surface area (Å²) in [7, 11) is 1.64. The van der Waals surface area contributed by atoms with Gasteiger partial charge in [0.15, 0.2) is 0 Å². The number of methoxy groups -OCH3 is 1. The van der Waals surface area contributed by atoms with Crippen molar-refractivity contribution in [3.63, 3.8) is 0 Å². The number of rotatable bonds is 5. The van der Waals surface area contributed by atoms with E-state index in [4.69, 9.17) is 14.9 Å². The van der Waals surface area contributed by atoms with Gasteiger partial charge in [-0.2, -0.15) is 10.2 Å². The quantitative estimate of drug-likeness (QED) is 0.421. The molecule has 1 atom stereocenters. The van der Waals surface area contributed by atoms with E-state index in [1.807, 2.05) is 76.9 Å². The van der Waals surface area contributed by atoms with Crippen molar-refractivity contribution in [2.24, 2.45) is 5.10 Å². The summed E-state index contributed by atoms with van der Waals surface area (Å²) in [6.07, 6.45) is 2.64. The van der Waals surface area contributed by atoms with E-state index >= 15 is 0 Å². The molecule has 0 aliphatic carbocycles. The van der Waals surface area contributed by atoms with Crippen molar-refractivity contribution in [1.82, 2.24) is 14.8 Å². The second-order valence-corrected chi connectivity index (χ2v) is 8.50. The second kappa shape index (κ2) is 8.43. The molecule has 0 radical (unpaired) electrons. The van der Waals surface area contributed by atoms with Gasteiger partial charge in [-0.1, -0.05) is 24.3 Å². The Kier molecular flexibility index (Phi) is 5.33. The van der Waals surface area contributed by atoms with Gasteiger partial charge in [-0.25, -0.2) is 9.69 Å². The molecule has 160 valence electrons. The normalized spacial score (nSPS) is 15.6. The van der Waals surface area contributed by atoms with Crippen LogP contribution in [0.1, 0.15) is 30.5 Å². The number of hydrazone groups is 1. The van der Waals surface area contributed by atoms with E-state index in [0.29, 0.717) is 6.42 Å². The maximum atomic E-state index is 12.6. The number of amides is 1. The molecular formula is C25H22N4O2S. The van der Waals surface area contributed by atoms with E-state index in [-0.39, 0.29) is 11.9 Å². The van der Waals surface area contributed by atoms with Crippen LogP contribution in [0.4, 0.5) is 0 Å². The summed E-state index contributed by atoms with van der Waals surface area (Å²) in [4.78, 5) is 13.6. The van der Waals surface area contributed by atoms with Gasteiger partial charge in [-0.15, -0.1) is 11.3 Å². The number of hydrogen-bond acceptors (Lipinski definition) is 5. The Labute approximate surface area is 190 Å². The molecule has 0 bridgehead atoms. The fourth-order valence-corrected chi connectivity index (χ4v) is 4.68. The lowest BCUT2D eigenvalue weighted by atomic mass is 9.98. The molecule has 1 aliphatic rings. The molecule has 0 unspecified atom stereocenters. The second-order valence-electron chi connectivity index (χ2n) is 7.55.